The molecule has 0 atom stereocenters. The predicted octanol–water partition coefficient (Wildman–Crippen LogP) is 2.32. The van der Waals surface area contributed by atoms with Crippen LogP contribution in [0.1, 0.15) is 32.6 Å². The fraction of sp³-hybridized carbons (Fsp3) is 0.667. The van der Waals surface area contributed by atoms with Gasteiger partial charge in [-0.1, -0.05) is 19.4 Å². The molecule has 0 aromatic carbocycles. The van der Waals surface area contributed by atoms with Gasteiger partial charge < -0.3 is 0 Å². The Bertz CT molecular complexity index is 137. The summed E-state index contributed by atoms with van der Waals surface area (Å²) in [7, 11) is 0. The lowest BCUT2D eigenvalue weighted by Gasteiger charge is -2.38. The molecule has 1 rings (SSSR count). The second-order valence-corrected chi connectivity index (χ2v) is 3.06. The number of carbonyl (C=O) groups excluding carboxylic acids is 1. The molecule has 0 aromatic rings. The van der Waals surface area contributed by atoms with Gasteiger partial charge in [-0.2, -0.15) is 0 Å². The van der Waals surface area contributed by atoms with Gasteiger partial charge >= 0.3 is 0 Å². The first-order valence-electron chi connectivity index (χ1n) is 3.96. The van der Waals surface area contributed by atoms with Crippen LogP contribution in [0, 0.1) is 5.41 Å². The maximum Gasteiger partial charge on any atom is 0.142 e. The van der Waals surface area contributed by atoms with Crippen molar-refractivity contribution in [3.63, 3.8) is 0 Å². The lowest BCUT2D eigenvalue weighted by atomic mass is 9.67. The maximum absolute atomic E-state index is 10.0. The van der Waals surface area contributed by atoms with Crippen molar-refractivity contribution in [1.82, 2.24) is 0 Å². The first-order valence-corrected chi connectivity index (χ1v) is 3.96. The minimum absolute atomic E-state index is 0.404. The van der Waals surface area contributed by atoms with Crippen molar-refractivity contribution >= 4 is 6.29 Å². The van der Waals surface area contributed by atoms with Gasteiger partial charge in [0, 0.05) is 0 Å². The molecule has 1 saturated carbocycles. The van der Waals surface area contributed by atoms with E-state index in [1.54, 1.807) is 6.08 Å². The molecule has 0 saturated heterocycles. The van der Waals surface area contributed by atoms with Crippen LogP contribution in [0.25, 0.3) is 0 Å². The van der Waals surface area contributed by atoms with Crippen molar-refractivity contribution in [3.8, 4) is 0 Å². The monoisotopic (exact) mass is 138 g/mol. The normalized spacial score (nSPS) is 22.5. The van der Waals surface area contributed by atoms with Crippen molar-refractivity contribution in [3.05, 3.63) is 12.2 Å². The van der Waals surface area contributed by atoms with Crippen molar-refractivity contribution in [1.29, 1.82) is 0 Å². The van der Waals surface area contributed by atoms with Crippen molar-refractivity contribution in [2.45, 2.75) is 32.6 Å². The molecule has 0 heterocycles. The molecule has 0 radical (unpaired) electrons. The zero-order valence-electron chi connectivity index (χ0n) is 6.47. The van der Waals surface area contributed by atoms with Gasteiger partial charge in [-0.25, -0.2) is 0 Å². The zero-order chi connectivity index (χ0) is 7.45. The van der Waals surface area contributed by atoms with E-state index in [1.807, 2.05) is 0 Å². The molecule has 0 bridgehead atoms. The molecular formula is C9H14O. The summed E-state index contributed by atoms with van der Waals surface area (Å²) in [5.41, 5.74) is 0.404. The van der Waals surface area contributed by atoms with Gasteiger partial charge in [0.25, 0.3) is 0 Å². The van der Waals surface area contributed by atoms with Gasteiger partial charge in [-0.3, -0.25) is 4.79 Å². The number of rotatable bonds is 3. The molecule has 1 aliphatic carbocycles. The van der Waals surface area contributed by atoms with E-state index in [2.05, 4.69) is 13.0 Å². The van der Waals surface area contributed by atoms with Gasteiger partial charge in [0.15, 0.2) is 0 Å². The Kier molecular flexibility index (Phi) is 2.25. The zero-order valence-corrected chi connectivity index (χ0v) is 6.47. The van der Waals surface area contributed by atoms with Crippen LogP contribution in [0.4, 0.5) is 0 Å². The SMILES string of the molecule is CCC1(/C=C/C=O)CCC1. The molecule has 10 heavy (non-hydrogen) atoms. The molecule has 0 amide bonds. The van der Waals surface area contributed by atoms with E-state index in [4.69, 9.17) is 0 Å². The second kappa shape index (κ2) is 3.00. The van der Waals surface area contributed by atoms with Crippen LogP contribution in [0.5, 0.6) is 0 Å². The molecule has 1 aliphatic rings. The fourth-order valence-corrected chi connectivity index (χ4v) is 1.51. The van der Waals surface area contributed by atoms with Crippen LogP contribution < -0.4 is 0 Å². The number of hydrogen-bond acceptors (Lipinski definition) is 1. The molecular weight excluding hydrogens is 124 g/mol. The maximum atomic E-state index is 10.0. The molecule has 0 N–H and O–H groups in total. The van der Waals surface area contributed by atoms with Crippen LogP contribution >= 0.6 is 0 Å². The van der Waals surface area contributed by atoms with E-state index < -0.39 is 0 Å². The van der Waals surface area contributed by atoms with E-state index >= 15 is 0 Å². The average Bonchev–Trinajstić information content (AvgIpc) is 1.87. The highest BCUT2D eigenvalue weighted by atomic mass is 16.1. The number of carbonyl (C=O) groups is 1. The van der Waals surface area contributed by atoms with E-state index in [-0.39, 0.29) is 0 Å². The molecule has 1 nitrogen and oxygen atoms in total. The summed E-state index contributed by atoms with van der Waals surface area (Å²) in [4.78, 5) is 10.0. The third kappa shape index (κ3) is 1.28. The summed E-state index contributed by atoms with van der Waals surface area (Å²) in [5, 5.41) is 0. The Morgan fingerprint density at radius 1 is 1.50 bits per heavy atom. The van der Waals surface area contributed by atoms with E-state index in [9.17, 15) is 4.79 Å². The molecule has 56 valence electrons. The number of allylic oxidation sites excluding steroid dienone is 2. The number of aldehydes is 1. The van der Waals surface area contributed by atoms with Gasteiger partial charge in [-0.05, 0) is 30.8 Å². The van der Waals surface area contributed by atoms with Gasteiger partial charge in [0.05, 0.1) is 0 Å². The highest BCUT2D eigenvalue weighted by molar-refractivity contribution is 5.64. The number of hydrogen-bond donors (Lipinski definition) is 0. The molecule has 0 aliphatic heterocycles. The van der Waals surface area contributed by atoms with Gasteiger partial charge in [0.1, 0.15) is 6.29 Å². The minimum Gasteiger partial charge on any atom is -0.299 e. The Balaban J connectivity index is 2.47. The first-order chi connectivity index (χ1) is 4.83. The summed E-state index contributed by atoms with van der Waals surface area (Å²) < 4.78 is 0. The highest BCUT2D eigenvalue weighted by Crippen LogP contribution is 2.44. The smallest absolute Gasteiger partial charge is 0.142 e. The minimum atomic E-state index is 0.404. The first kappa shape index (κ1) is 7.52. The van der Waals surface area contributed by atoms with Crippen LogP contribution in [0.15, 0.2) is 12.2 Å². The molecule has 1 heteroatoms. The van der Waals surface area contributed by atoms with Crippen LogP contribution in [0.3, 0.4) is 0 Å². The topological polar surface area (TPSA) is 17.1 Å². The Morgan fingerprint density at radius 3 is 2.50 bits per heavy atom. The summed E-state index contributed by atoms with van der Waals surface area (Å²) in [5.74, 6) is 0. The Hall–Kier alpha value is -0.590. The summed E-state index contributed by atoms with van der Waals surface area (Å²) in [6, 6.07) is 0. The molecule has 0 unspecified atom stereocenters. The van der Waals surface area contributed by atoms with Gasteiger partial charge in [-0.15, -0.1) is 0 Å². The molecule has 0 aromatic heterocycles. The quantitative estimate of drug-likeness (QED) is 0.432. The Labute approximate surface area is 62.1 Å². The third-order valence-corrected chi connectivity index (χ3v) is 2.58. The van der Waals surface area contributed by atoms with Crippen molar-refractivity contribution in [2.24, 2.45) is 5.41 Å². The second-order valence-electron chi connectivity index (χ2n) is 3.06. The van der Waals surface area contributed by atoms with Crippen LogP contribution in [0.2, 0.25) is 0 Å². The van der Waals surface area contributed by atoms with E-state index in [1.165, 1.54) is 25.7 Å². The van der Waals surface area contributed by atoms with Gasteiger partial charge in [0.2, 0.25) is 0 Å². The standard InChI is InChI=1S/C9H14O/c1-2-9(5-3-6-9)7-4-8-10/h4,7-8H,2-3,5-6H2,1H3/b7-4+. The lowest BCUT2D eigenvalue weighted by molar-refractivity contribution is -0.104. The summed E-state index contributed by atoms with van der Waals surface area (Å²) in [6.07, 6.45) is 9.64. The van der Waals surface area contributed by atoms with Crippen molar-refractivity contribution in [2.75, 3.05) is 0 Å². The lowest BCUT2D eigenvalue weighted by Crippen LogP contribution is -2.25. The molecule has 1 fully saturated rings. The van der Waals surface area contributed by atoms with Crippen LogP contribution in [-0.4, -0.2) is 6.29 Å². The van der Waals surface area contributed by atoms with Crippen molar-refractivity contribution < 1.29 is 4.79 Å². The predicted molar refractivity (Wildman–Crippen MR) is 41.8 cm³/mol. The molecule has 0 spiro atoms. The third-order valence-electron chi connectivity index (χ3n) is 2.58. The highest BCUT2D eigenvalue weighted by Gasteiger charge is 2.31. The summed E-state index contributed by atoms with van der Waals surface area (Å²) >= 11 is 0. The Morgan fingerprint density at radius 2 is 2.20 bits per heavy atom. The van der Waals surface area contributed by atoms with E-state index in [0.717, 1.165) is 6.29 Å². The summed E-state index contributed by atoms with van der Waals surface area (Å²) in [6.45, 7) is 2.19. The average molecular weight is 138 g/mol. The fourth-order valence-electron chi connectivity index (χ4n) is 1.51. The van der Waals surface area contributed by atoms with Crippen LogP contribution in [-0.2, 0) is 4.79 Å². The van der Waals surface area contributed by atoms with E-state index in [0.29, 0.717) is 5.41 Å². The largest absolute Gasteiger partial charge is 0.299 e.